The third-order valence-corrected chi connectivity index (χ3v) is 4.59. The predicted octanol–water partition coefficient (Wildman–Crippen LogP) is 4.19. The number of nitrogens with one attached hydrogen (secondary N) is 1. The van der Waals surface area contributed by atoms with E-state index < -0.39 is 0 Å². The zero-order valence-corrected chi connectivity index (χ0v) is 12.3. The van der Waals surface area contributed by atoms with Gasteiger partial charge in [0.2, 0.25) is 0 Å². The van der Waals surface area contributed by atoms with Crippen LogP contribution in [-0.4, -0.2) is 12.4 Å². The highest BCUT2D eigenvalue weighted by atomic mass is 79.9. The van der Waals surface area contributed by atoms with Crippen molar-refractivity contribution in [1.29, 1.82) is 0 Å². The van der Waals surface area contributed by atoms with E-state index in [-0.39, 0.29) is 0 Å². The summed E-state index contributed by atoms with van der Waals surface area (Å²) in [6.45, 7) is 2.06. The van der Waals surface area contributed by atoms with Crippen molar-refractivity contribution in [1.82, 2.24) is 5.32 Å². The summed E-state index contributed by atoms with van der Waals surface area (Å²) >= 11 is 9.43. The van der Waals surface area contributed by atoms with Crippen LogP contribution in [0.5, 0.6) is 0 Å². The fourth-order valence-electron chi connectivity index (χ4n) is 2.59. The van der Waals surface area contributed by atoms with Gasteiger partial charge in [-0.25, -0.2) is 0 Å². The molecule has 0 radical (unpaired) electrons. The highest BCUT2D eigenvalue weighted by molar-refractivity contribution is 9.10. The molecule has 2 rings (SSSR count). The second-order valence-electron chi connectivity index (χ2n) is 4.86. The molecule has 94 valence electrons. The first kappa shape index (κ1) is 13.4. The van der Waals surface area contributed by atoms with E-state index in [2.05, 4.69) is 45.5 Å². The van der Waals surface area contributed by atoms with Gasteiger partial charge >= 0.3 is 0 Å². The van der Waals surface area contributed by atoms with Crippen molar-refractivity contribution in [2.24, 2.45) is 11.8 Å². The quantitative estimate of drug-likeness (QED) is 0.803. The molecule has 2 unspecified atom stereocenters. The molecule has 1 aromatic carbocycles. The fourth-order valence-corrected chi connectivity index (χ4v) is 3.26. The molecular formula is C14H19BrClN. The Kier molecular flexibility index (Phi) is 5.33. The van der Waals surface area contributed by atoms with Crippen LogP contribution in [0, 0.1) is 11.8 Å². The number of rotatable bonds is 5. The molecule has 0 aliphatic heterocycles. The molecule has 1 nitrogen and oxygen atoms in total. The van der Waals surface area contributed by atoms with Crippen LogP contribution in [0.2, 0.25) is 0 Å². The second-order valence-corrected chi connectivity index (χ2v) is 6.09. The first-order chi connectivity index (χ1) is 8.29. The second kappa shape index (κ2) is 6.77. The summed E-state index contributed by atoms with van der Waals surface area (Å²) in [5, 5.41) is 3.55. The Bertz CT molecular complexity index is 339. The highest BCUT2D eigenvalue weighted by Crippen LogP contribution is 2.31. The lowest BCUT2D eigenvalue weighted by atomic mass is 9.98. The van der Waals surface area contributed by atoms with E-state index in [0.717, 1.165) is 35.3 Å². The molecule has 2 atom stereocenters. The lowest BCUT2D eigenvalue weighted by Gasteiger charge is -2.17. The summed E-state index contributed by atoms with van der Waals surface area (Å²) in [4.78, 5) is 0. The van der Waals surface area contributed by atoms with Crippen LogP contribution < -0.4 is 5.32 Å². The molecule has 0 amide bonds. The van der Waals surface area contributed by atoms with Crippen LogP contribution in [0.1, 0.15) is 24.8 Å². The smallest absolute Gasteiger partial charge is 0.0254 e. The Labute approximate surface area is 117 Å². The Morgan fingerprint density at radius 3 is 2.59 bits per heavy atom. The summed E-state index contributed by atoms with van der Waals surface area (Å²) in [5.41, 5.74) is 1.34. The minimum atomic E-state index is 0.731. The normalized spacial score (nSPS) is 24.1. The lowest BCUT2D eigenvalue weighted by molar-refractivity contribution is 0.395. The Balaban J connectivity index is 1.74. The van der Waals surface area contributed by atoms with Crippen molar-refractivity contribution >= 4 is 27.5 Å². The molecule has 0 bridgehead atoms. The molecule has 0 spiro atoms. The van der Waals surface area contributed by atoms with Gasteiger partial charge in [-0.2, -0.15) is 0 Å². The summed E-state index contributed by atoms with van der Waals surface area (Å²) in [6, 6.07) is 8.50. The molecule has 1 fully saturated rings. The van der Waals surface area contributed by atoms with Crippen LogP contribution in [0.4, 0.5) is 0 Å². The first-order valence-electron chi connectivity index (χ1n) is 6.30. The van der Waals surface area contributed by atoms with Crippen molar-refractivity contribution in [3.05, 3.63) is 34.3 Å². The summed E-state index contributed by atoms with van der Waals surface area (Å²) in [5.74, 6) is 2.34. The van der Waals surface area contributed by atoms with Gasteiger partial charge in [0.15, 0.2) is 0 Å². The predicted molar refractivity (Wildman–Crippen MR) is 77.4 cm³/mol. The zero-order valence-electron chi connectivity index (χ0n) is 9.96. The maximum Gasteiger partial charge on any atom is 0.0254 e. The highest BCUT2D eigenvalue weighted by Gasteiger charge is 2.25. The van der Waals surface area contributed by atoms with Gasteiger partial charge in [-0.1, -0.05) is 34.5 Å². The van der Waals surface area contributed by atoms with Gasteiger partial charge in [0.05, 0.1) is 0 Å². The maximum atomic E-state index is 5.98. The van der Waals surface area contributed by atoms with Crippen molar-refractivity contribution in [2.75, 3.05) is 12.4 Å². The number of benzene rings is 1. The Morgan fingerprint density at radius 1 is 1.18 bits per heavy atom. The van der Waals surface area contributed by atoms with Crippen molar-refractivity contribution in [3.63, 3.8) is 0 Å². The molecule has 3 heteroatoms. The summed E-state index contributed by atoms with van der Waals surface area (Å²) in [7, 11) is 0. The molecule has 1 saturated carbocycles. The molecule has 0 aromatic heterocycles. The van der Waals surface area contributed by atoms with Gasteiger partial charge in [0.1, 0.15) is 0 Å². The number of hydrogen-bond donors (Lipinski definition) is 1. The number of hydrogen-bond acceptors (Lipinski definition) is 1. The molecular weight excluding hydrogens is 298 g/mol. The van der Waals surface area contributed by atoms with Crippen LogP contribution in [0.15, 0.2) is 28.7 Å². The average molecular weight is 317 g/mol. The summed E-state index contributed by atoms with van der Waals surface area (Å²) in [6.07, 6.45) is 4.00. The number of alkyl halides is 1. The minimum Gasteiger partial charge on any atom is -0.312 e. The van der Waals surface area contributed by atoms with Gasteiger partial charge in [-0.15, -0.1) is 11.6 Å². The van der Waals surface area contributed by atoms with E-state index in [4.69, 9.17) is 11.6 Å². The van der Waals surface area contributed by atoms with E-state index in [9.17, 15) is 0 Å². The molecule has 1 aliphatic rings. The Morgan fingerprint density at radius 2 is 1.88 bits per heavy atom. The molecule has 1 aliphatic carbocycles. The SMILES string of the molecule is ClCC1CCCC1CNCc1ccc(Br)cc1. The topological polar surface area (TPSA) is 12.0 Å². The standard InChI is InChI=1S/C14H19BrClN/c15-14-6-4-11(5-7-14)9-17-10-13-3-1-2-12(13)8-16/h4-7,12-13,17H,1-3,8-10H2. The van der Waals surface area contributed by atoms with Gasteiger partial charge in [-0.05, 0) is 48.9 Å². The third kappa shape index (κ3) is 3.97. The van der Waals surface area contributed by atoms with Crippen LogP contribution in [0.3, 0.4) is 0 Å². The van der Waals surface area contributed by atoms with E-state index in [0.29, 0.717) is 0 Å². The molecule has 1 aromatic rings. The fraction of sp³-hybridized carbons (Fsp3) is 0.571. The molecule has 0 saturated heterocycles. The summed E-state index contributed by atoms with van der Waals surface area (Å²) < 4.78 is 1.14. The molecule has 1 N–H and O–H groups in total. The monoisotopic (exact) mass is 315 g/mol. The first-order valence-corrected chi connectivity index (χ1v) is 7.63. The largest absolute Gasteiger partial charge is 0.312 e. The van der Waals surface area contributed by atoms with Crippen LogP contribution >= 0.6 is 27.5 Å². The maximum absolute atomic E-state index is 5.98. The van der Waals surface area contributed by atoms with Crippen molar-refractivity contribution in [3.8, 4) is 0 Å². The molecule has 0 heterocycles. The lowest BCUT2D eigenvalue weighted by Crippen LogP contribution is -2.25. The van der Waals surface area contributed by atoms with Gasteiger partial charge in [0, 0.05) is 16.9 Å². The van der Waals surface area contributed by atoms with Gasteiger partial charge < -0.3 is 5.32 Å². The molecule has 17 heavy (non-hydrogen) atoms. The van der Waals surface area contributed by atoms with E-state index in [1.807, 2.05) is 0 Å². The van der Waals surface area contributed by atoms with E-state index in [1.165, 1.54) is 24.8 Å². The van der Waals surface area contributed by atoms with Crippen molar-refractivity contribution < 1.29 is 0 Å². The van der Waals surface area contributed by atoms with Gasteiger partial charge in [-0.3, -0.25) is 0 Å². The van der Waals surface area contributed by atoms with Crippen LogP contribution in [-0.2, 0) is 6.54 Å². The zero-order chi connectivity index (χ0) is 12.1. The Hall–Kier alpha value is -0.0500. The van der Waals surface area contributed by atoms with Crippen molar-refractivity contribution in [2.45, 2.75) is 25.8 Å². The van der Waals surface area contributed by atoms with Gasteiger partial charge in [0.25, 0.3) is 0 Å². The van der Waals surface area contributed by atoms with E-state index in [1.54, 1.807) is 0 Å². The van der Waals surface area contributed by atoms with E-state index >= 15 is 0 Å². The van der Waals surface area contributed by atoms with Crippen LogP contribution in [0.25, 0.3) is 0 Å². The minimum absolute atomic E-state index is 0.731. The number of halogens is 2. The average Bonchev–Trinajstić information content (AvgIpc) is 2.79. The third-order valence-electron chi connectivity index (χ3n) is 3.66.